The molecule has 1 atom stereocenters. The lowest BCUT2D eigenvalue weighted by Crippen LogP contribution is -2.22. The number of thiophene rings is 1. The number of aromatic amines is 1. The van der Waals surface area contributed by atoms with Gasteiger partial charge in [0.1, 0.15) is 5.82 Å². The number of aryl methyl sites for hydroxylation is 1. The van der Waals surface area contributed by atoms with E-state index in [4.69, 9.17) is 0 Å². The number of carbonyl (C=O) groups is 1. The Morgan fingerprint density at radius 3 is 3.00 bits per heavy atom. The van der Waals surface area contributed by atoms with E-state index in [2.05, 4.69) is 26.6 Å². The van der Waals surface area contributed by atoms with Crippen LogP contribution in [0, 0.1) is 6.92 Å². The number of H-pyrrole nitrogens is 1. The van der Waals surface area contributed by atoms with E-state index in [0.29, 0.717) is 5.16 Å². The number of hydrogen-bond acceptors (Lipinski definition) is 5. The van der Waals surface area contributed by atoms with Crippen LogP contribution in [0.4, 0.5) is 5.69 Å². The van der Waals surface area contributed by atoms with Crippen LogP contribution in [0.15, 0.2) is 46.9 Å². The molecule has 24 heavy (non-hydrogen) atoms. The number of nitrogens with one attached hydrogen (secondary N) is 2. The minimum absolute atomic E-state index is 0.0600. The first-order valence-electron chi connectivity index (χ1n) is 7.58. The molecule has 5 nitrogen and oxygen atoms in total. The first kappa shape index (κ1) is 16.7. The number of benzene rings is 1. The van der Waals surface area contributed by atoms with E-state index >= 15 is 0 Å². The third kappa shape index (κ3) is 4.46. The summed E-state index contributed by atoms with van der Waals surface area (Å²) in [6.07, 6.45) is 0.731. The van der Waals surface area contributed by atoms with E-state index in [0.717, 1.165) is 23.5 Å². The van der Waals surface area contributed by atoms with Crippen molar-refractivity contribution in [3.05, 3.63) is 58.0 Å². The molecule has 2 heterocycles. The summed E-state index contributed by atoms with van der Waals surface area (Å²) in [5.74, 6) is 0.751. The van der Waals surface area contributed by atoms with Crippen molar-refractivity contribution in [3.63, 3.8) is 0 Å². The molecule has 2 N–H and O–H groups in total. The Bertz CT molecular complexity index is 814. The first-order chi connectivity index (χ1) is 11.6. The van der Waals surface area contributed by atoms with E-state index in [-0.39, 0.29) is 11.2 Å². The number of nitrogens with zero attached hydrogens (tertiary/aromatic N) is 2. The van der Waals surface area contributed by atoms with Crippen molar-refractivity contribution in [1.29, 1.82) is 0 Å². The van der Waals surface area contributed by atoms with Gasteiger partial charge in [-0.3, -0.25) is 9.89 Å². The fraction of sp³-hybridized carbons (Fsp3) is 0.235. The van der Waals surface area contributed by atoms with Crippen molar-refractivity contribution in [2.24, 2.45) is 0 Å². The van der Waals surface area contributed by atoms with Gasteiger partial charge < -0.3 is 5.32 Å². The fourth-order valence-electron chi connectivity index (χ4n) is 2.17. The highest BCUT2D eigenvalue weighted by molar-refractivity contribution is 8.00. The highest BCUT2D eigenvalue weighted by Crippen LogP contribution is 2.22. The second-order valence-corrected chi connectivity index (χ2v) is 7.78. The molecule has 0 saturated carbocycles. The quantitative estimate of drug-likeness (QED) is 0.656. The SMILES string of the molecule is Cc1cccc(NC(=O)C(C)Sc2n[nH]c(Cc3cccs3)n2)c1. The molecule has 0 fully saturated rings. The van der Waals surface area contributed by atoms with Gasteiger partial charge in [0, 0.05) is 17.0 Å². The maximum atomic E-state index is 12.3. The summed E-state index contributed by atoms with van der Waals surface area (Å²) in [6.45, 7) is 3.85. The Labute approximate surface area is 148 Å². The molecule has 7 heteroatoms. The summed E-state index contributed by atoms with van der Waals surface area (Å²) in [5, 5.41) is 12.4. The maximum absolute atomic E-state index is 12.3. The maximum Gasteiger partial charge on any atom is 0.237 e. The summed E-state index contributed by atoms with van der Waals surface area (Å²) in [5.41, 5.74) is 1.92. The van der Waals surface area contributed by atoms with Crippen molar-refractivity contribution in [1.82, 2.24) is 15.2 Å². The molecule has 0 radical (unpaired) electrons. The van der Waals surface area contributed by atoms with Crippen molar-refractivity contribution in [2.45, 2.75) is 30.7 Å². The van der Waals surface area contributed by atoms with Crippen LogP contribution in [0.1, 0.15) is 23.2 Å². The summed E-state index contributed by atoms with van der Waals surface area (Å²) in [7, 11) is 0. The minimum Gasteiger partial charge on any atom is -0.325 e. The van der Waals surface area contributed by atoms with Crippen molar-refractivity contribution < 1.29 is 4.79 Å². The topological polar surface area (TPSA) is 70.7 Å². The van der Waals surface area contributed by atoms with Crippen LogP contribution < -0.4 is 5.32 Å². The zero-order valence-electron chi connectivity index (χ0n) is 13.4. The molecule has 2 aromatic heterocycles. The lowest BCUT2D eigenvalue weighted by Gasteiger charge is -2.10. The molecular weight excluding hydrogens is 340 g/mol. The van der Waals surface area contributed by atoms with Gasteiger partial charge >= 0.3 is 0 Å². The molecule has 0 aliphatic carbocycles. The van der Waals surface area contributed by atoms with E-state index in [9.17, 15) is 4.79 Å². The number of hydrogen-bond donors (Lipinski definition) is 2. The Balaban J connectivity index is 1.57. The second-order valence-electron chi connectivity index (χ2n) is 5.44. The smallest absolute Gasteiger partial charge is 0.237 e. The second kappa shape index (κ2) is 7.63. The molecule has 3 rings (SSSR count). The fourth-order valence-corrected chi connectivity index (χ4v) is 3.62. The van der Waals surface area contributed by atoms with E-state index < -0.39 is 0 Å². The molecule has 0 saturated heterocycles. The molecule has 1 aromatic carbocycles. The molecule has 1 unspecified atom stereocenters. The average molecular weight is 358 g/mol. The average Bonchev–Trinajstić information content (AvgIpc) is 3.20. The van der Waals surface area contributed by atoms with Gasteiger partial charge in [-0.05, 0) is 43.0 Å². The molecule has 124 valence electrons. The largest absolute Gasteiger partial charge is 0.325 e. The molecule has 0 aliphatic heterocycles. The lowest BCUT2D eigenvalue weighted by atomic mass is 10.2. The summed E-state index contributed by atoms with van der Waals surface area (Å²) < 4.78 is 0. The van der Waals surface area contributed by atoms with Crippen LogP contribution in [-0.4, -0.2) is 26.3 Å². The van der Waals surface area contributed by atoms with Gasteiger partial charge in [-0.1, -0.05) is 30.0 Å². The van der Waals surface area contributed by atoms with Crippen LogP contribution >= 0.6 is 23.1 Å². The summed E-state index contributed by atoms with van der Waals surface area (Å²) in [6, 6.07) is 11.8. The highest BCUT2D eigenvalue weighted by atomic mass is 32.2. The van der Waals surface area contributed by atoms with Gasteiger partial charge in [0.25, 0.3) is 0 Å². The van der Waals surface area contributed by atoms with Gasteiger partial charge in [0.2, 0.25) is 11.1 Å². The van der Waals surface area contributed by atoms with Gasteiger partial charge in [0.15, 0.2) is 0 Å². The summed E-state index contributed by atoms with van der Waals surface area (Å²) >= 11 is 3.04. The third-order valence-corrected chi connectivity index (χ3v) is 5.21. The molecule has 0 aliphatic rings. The van der Waals surface area contributed by atoms with Crippen LogP contribution in [0.5, 0.6) is 0 Å². The monoisotopic (exact) mass is 358 g/mol. The Kier molecular flexibility index (Phi) is 5.32. The van der Waals surface area contributed by atoms with E-state index in [1.54, 1.807) is 11.3 Å². The Morgan fingerprint density at radius 2 is 2.25 bits per heavy atom. The Hall–Kier alpha value is -2.12. The Morgan fingerprint density at radius 1 is 1.38 bits per heavy atom. The zero-order valence-corrected chi connectivity index (χ0v) is 15.1. The molecular formula is C17H18N4OS2. The number of aromatic nitrogens is 3. The van der Waals surface area contributed by atoms with E-state index in [1.165, 1.54) is 16.6 Å². The predicted molar refractivity (Wildman–Crippen MR) is 98.6 cm³/mol. The predicted octanol–water partition coefficient (Wildman–Crippen LogP) is 3.88. The lowest BCUT2D eigenvalue weighted by molar-refractivity contribution is -0.115. The van der Waals surface area contributed by atoms with Crippen molar-refractivity contribution in [2.75, 3.05) is 5.32 Å². The van der Waals surface area contributed by atoms with Gasteiger partial charge in [0.05, 0.1) is 5.25 Å². The van der Waals surface area contributed by atoms with Gasteiger partial charge in [-0.25, -0.2) is 4.98 Å². The minimum atomic E-state index is -0.282. The molecule has 3 aromatic rings. The number of amides is 1. The third-order valence-electron chi connectivity index (χ3n) is 3.37. The van der Waals surface area contributed by atoms with Crippen LogP contribution in [0.2, 0.25) is 0 Å². The van der Waals surface area contributed by atoms with E-state index in [1.807, 2.05) is 49.6 Å². The molecule has 0 bridgehead atoms. The number of carbonyl (C=O) groups excluding carboxylic acids is 1. The van der Waals surface area contributed by atoms with Gasteiger partial charge in [-0.15, -0.1) is 16.4 Å². The standard InChI is InChI=1S/C17H18N4OS2/c1-11-5-3-6-13(9-11)18-16(22)12(2)24-17-19-15(20-21-17)10-14-7-4-8-23-14/h3-9,12H,10H2,1-2H3,(H,18,22)(H,19,20,21). The molecule has 0 spiro atoms. The van der Waals surface area contributed by atoms with Crippen molar-refractivity contribution in [3.8, 4) is 0 Å². The number of thioether (sulfide) groups is 1. The van der Waals surface area contributed by atoms with Crippen LogP contribution in [-0.2, 0) is 11.2 Å². The van der Waals surface area contributed by atoms with Gasteiger partial charge in [-0.2, -0.15) is 0 Å². The first-order valence-corrected chi connectivity index (χ1v) is 9.34. The normalized spacial score (nSPS) is 12.1. The zero-order chi connectivity index (χ0) is 16.9. The summed E-state index contributed by atoms with van der Waals surface area (Å²) in [4.78, 5) is 18.0. The number of rotatable bonds is 6. The highest BCUT2D eigenvalue weighted by Gasteiger charge is 2.17. The number of anilines is 1. The van der Waals surface area contributed by atoms with Crippen molar-refractivity contribution >= 4 is 34.7 Å². The van der Waals surface area contributed by atoms with Crippen LogP contribution in [0.3, 0.4) is 0 Å². The van der Waals surface area contributed by atoms with Crippen LogP contribution in [0.25, 0.3) is 0 Å². The molecule has 1 amide bonds.